The molecule has 0 radical (unpaired) electrons. The Morgan fingerprint density at radius 3 is 3.05 bits per heavy atom. The summed E-state index contributed by atoms with van der Waals surface area (Å²) in [7, 11) is 0. The van der Waals surface area contributed by atoms with Crippen molar-refractivity contribution in [2.24, 2.45) is 11.0 Å². The molecule has 1 unspecified atom stereocenters. The fourth-order valence-electron chi connectivity index (χ4n) is 2.52. The summed E-state index contributed by atoms with van der Waals surface area (Å²) in [6.45, 7) is 4.33. The van der Waals surface area contributed by atoms with E-state index in [2.05, 4.69) is 22.8 Å². The minimum absolute atomic E-state index is 0.139. The second kappa shape index (κ2) is 7.46. The molecule has 4 nitrogen and oxygen atoms in total. The maximum absolute atomic E-state index is 11.8. The van der Waals surface area contributed by atoms with Gasteiger partial charge in [0, 0.05) is 16.4 Å². The number of carbonyl (C=O) groups excluding carboxylic acids is 1. The molecule has 0 heterocycles. The molecule has 0 aromatic heterocycles. The number of anilines is 1. The van der Waals surface area contributed by atoms with Crippen LogP contribution in [-0.2, 0) is 4.79 Å². The van der Waals surface area contributed by atoms with Gasteiger partial charge in [0.15, 0.2) is 0 Å². The van der Waals surface area contributed by atoms with Crippen LogP contribution < -0.4 is 10.7 Å². The predicted molar refractivity (Wildman–Crippen MR) is 87.9 cm³/mol. The van der Waals surface area contributed by atoms with Crippen LogP contribution in [0.1, 0.15) is 38.2 Å². The fourth-order valence-corrected chi connectivity index (χ4v) is 2.69. The summed E-state index contributed by atoms with van der Waals surface area (Å²) in [5, 5.41) is 8.01. The van der Waals surface area contributed by atoms with Crippen molar-refractivity contribution < 1.29 is 4.79 Å². The van der Waals surface area contributed by atoms with Crippen LogP contribution in [0.4, 0.5) is 5.69 Å². The van der Waals surface area contributed by atoms with Crippen LogP contribution in [0, 0.1) is 12.8 Å². The third kappa shape index (κ3) is 4.74. The summed E-state index contributed by atoms with van der Waals surface area (Å²) in [6.07, 6.45) is 4.39. The van der Waals surface area contributed by atoms with Gasteiger partial charge in [0.25, 0.3) is 5.91 Å². The topological polar surface area (TPSA) is 53.5 Å². The molecule has 2 N–H and O–H groups in total. The summed E-state index contributed by atoms with van der Waals surface area (Å²) in [5.41, 5.74) is 5.54. The quantitative estimate of drug-likeness (QED) is 0.833. The van der Waals surface area contributed by atoms with E-state index in [1.807, 2.05) is 25.1 Å². The van der Waals surface area contributed by atoms with E-state index in [-0.39, 0.29) is 12.5 Å². The number of hydrogen-bond donors (Lipinski definition) is 2. The van der Waals surface area contributed by atoms with E-state index in [0.717, 1.165) is 36.2 Å². The molecular weight excluding hydrogens is 286 g/mol. The highest BCUT2D eigenvalue weighted by Gasteiger charge is 2.14. The van der Waals surface area contributed by atoms with Crippen LogP contribution in [0.3, 0.4) is 0 Å². The number of nitrogens with zero attached hydrogens (tertiary/aromatic N) is 1. The maximum atomic E-state index is 11.8. The molecular formula is C16H22ClN3O. The summed E-state index contributed by atoms with van der Waals surface area (Å²) >= 11 is 6.04. The lowest BCUT2D eigenvalue weighted by molar-refractivity contribution is -0.119. The third-order valence-electron chi connectivity index (χ3n) is 3.79. The van der Waals surface area contributed by atoms with Crippen molar-refractivity contribution in [1.82, 2.24) is 5.43 Å². The van der Waals surface area contributed by atoms with E-state index in [4.69, 9.17) is 11.6 Å². The van der Waals surface area contributed by atoms with Gasteiger partial charge in [-0.15, -0.1) is 0 Å². The van der Waals surface area contributed by atoms with Crippen LogP contribution >= 0.6 is 11.6 Å². The SMILES string of the molecule is Cc1c(Cl)cccc1NCC(=O)N/N=C1\CCCC(C)C1. The van der Waals surface area contributed by atoms with E-state index < -0.39 is 0 Å². The van der Waals surface area contributed by atoms with Gasteiger partial charge in [-0.1, -0.05) is 24.6 Å². The first-order chi connectivity index (χ1) is 10.1. The highest BCUT2D eigenvalue weighted by atomic mass is 35.5. The highest BCUT2D eigenvalue weighted by Crippen LogP contribution is 2.22. The van der Waals surface area contributed by atoms with Gasteiger partial charge in [-0.05, 0) is 56.2 Å². The van der Waals surface area contributed by atoms with Crippen molar-refractivity contribution in [3.8, 4) is 0 Å². The van der Waals surface area contributed by atoms with E-state index in [0.29, 0.717) is 10.9 Å². The number of amides is 1. The number of hydrazone groups is 1. The number of carbonyl (C=O) groups is 1. The molecule has 1 aliphatic carbocycles. The number of hydrogen-bond acceptors (Lipinski definition) is 3. The fraction of sp³-hybridized carbons (Fsp3) is 0.500. The summed E-state index contributed by atoms with van der Waals surface area (Å²) in [6, 6.07) is 5.60. The summed E-state index contributed by atoms with van der Waals surface area (Å²) < 4.78 is 0. The Bertz CT molecular complexity index is 542. The molecule has 2 rings (SSSR count). The average molecular weight is 308 g/mol. The molecule has 0 bridgehead atoms. The van der Waals surface area contributed by atoms with Crippen LogP contribution in [0.15, 0.2) is 23.3 Å². The summed E-state index contributed by atoms with van der Waals surface area (Å²) in [4.78, 5) is 11.8. The van der Waals surface area contributed by atoms with Crippen LogP contribution in [0.5, 0.6) is 0 Å². The largest absolute Gasteiger partial charge is 0.376 e. The zero-order valence-corrected chi connectivity index (χ0v) is 13.3. The van der Waals surface area contributed by atoms with Gasteiger partial charge in [-0.25, -0.2) is 5.43 Å². The van der Waals surface area contributed by atoms with Crippen molar-refractivity contribution >= 4 is 28.9 Å². The van der Waals surface area contributed by atoms with Crippen LogP contribution in [0.2, 0.25) is 5.02 Å². The standard InChI is InChI=1S/C16H22ClN3O/c1-11-5-3-6-13(9-11)19-20-16(21)10-18-15-8-4-7-14(17)12(15)2/h4,7-8,11,18H,3,5-6,9-10H2,1-2H3,(H,20,21)/b19-13+. The molecule has 5 heteroatoms. The van der Waals surface area contributed by atoms with E-state index >= 15 is 0 Å². The van der Waals surface area contributed by atoms with Crippen LogP contribution in [-0.4, -0.2) is 18.2 Å². The molecule has 0 saturated heterocycles. The minimum atomic E-state index is -0.139. The van der Waals surface area contributed by atoms with Crippen molar-refractivity contribution in [1.29, 1.82) is 0 Å². The molecule has 1 atom stereocenters. The smallest absolute Gasteiger partial charge is 0.259 e. The highest BCUT2D eigenvalue weighted by molar-refractivity contribution is 6.31. The number of rotatable bonds is 4. The zero-order valence-electron chi connectivity index (χ0n) is 12.6. The van der Waals surface area contributed by atoms with Crippen LogP contribution in [0.25, 0.3) is 0 Å². The monoisotopic (exact) mass is 307 g/mol. The zero-order chi connectivity index (χ0) is 15.2. The molecule has 1 aromatic carbocycles. The van der Waals surface area contributed by atoms with Gasteiger partial charge in [-0.3, -0.25) is 4.79 Å². The van der Waals surface area contributed by atoms with E-state index in [9.17, 15) is 4.79 Å². The normalized spacial score (nSPS) is 20.3. The number of nitrogens with one attached hydrogen (secondary N) is 2. The first kappa shape index (κ1) is 15.8. The molecule has 0 aliphatic heterocycles. The van der Waals surface area contributed by atoms with Gasteiger partial charge < -0.3 is 5.32 Å². The van der Waals surface area contributed by atoms with Gasteiger partial charge in [-0.2, -0.15) is 5.10 Å². The maximum Gasteiger partial charge on any atom is 0.259 e. The molecule has 0 spiro atoms. The van der Waals surface area contributed by atoms with E-state index in [1.54, 1.807) is 0 Å². The first-order valence-corrected chi connectivity index (χ1v) is 7.77. The minimum Gasteiger partial charge on any atom is -0.376 e. The Hall–Kier alpha value is -1.55. The third-order valence-corrected chi connectivity index (χ3v) is 4.20. The Morgan fingerprint density at radius 1 is 1.48 bits per heavy atom. The number of benzene rings is 1. The Labute approximate surface area is 131 Å². The van der Waals surface area contributed by atoms with E-state index in [1.165, 1.54) is 6.42 Å². The predicted octanol–water partition coefficient (Wildman–Crippen LogP) is 3.74. The van der Waals surface area contributed by atoms with Gasteiger partial charge in [0.2, 0.25) is 0 Å². The molecule has 1 fully saturated rings. The van der Waals surface area contributed by atoms with Gasteiger partial charge in [0.1, 0.15) is 0 Å². The molecule has 114 valence electrons. The first-order valence-electron chi connectivity index (χ1n) is 7.39. The second-order valence-corrected chi connectivity index (χ2v) is 6.09. The van der Waals surface area contributed by atoms with Crippen molar-refractivity contribution in [3.05, 3.63) is 28.8 Å². The Balaban J connectivity index is 1.82. The Kier molecular flexibility index (Phi) is 5.62. The Morgan fingerprint density at radius 2 is 2.29 bits per heavy atom. The number of halogens is 1. The molecule has 1 aromatic rings. The van der Waals surface area contributed by atoms with Crippen molar-refractivity contribution in [2.75, 3.05) is 11.9 Å². The lowest BCUT2D eigenvalue weighted by Crippen LogP contribution is -2.28. The second-order valence-electron chi connectivity index (χ2n) is 5.68. The summed E-state index contributed by atoms with van der Waals surface area (Å²) in [5.74, 6) is 0.529. The molecule has 1 aliphatic rings. The molecule has 1 amide bonds. The van der Waals surface area contributed by atoms with Crippen molar-refractivity contribution in [3.63, 3.8) is 0 Å². The molecule has 1 saturated carbocycles. The lowest BCUT2D eigenvalue weighted by atomic mass is 9.89. The lowest BCUT2D eigenvalue weighted by Gasteiger charge is -2.19. The average Bonchev–Trinajstić information content (AvgIpc) is 2.47. The molecule has 21 heavy (non-hydrogen) atoms. The van der Waals surface area contributed by atoms with Gasteiger partial charge >= 0.3 is 0 Å². The van der Waals surface area contributed by atoms with Gasteiger partial charge in [0.05, 0.1) is 6.54 Å². The van der Waals surface area contributed by atoms with Crippen molar-refractivity contribution in [2.45, 2.75) is 39.5 Å².